The fourth-order valence-corrected chi connectivity index (χ4v) is 4.53. The summed E-state index contributed by atoms with van der Waals surface area (Å²) < 4.78 is 32.3. The van der Waals surface area contributed by atoms with Crippen molar-refractivity contribution in [1.82, 2.24) is 9.21 Å². The highest BCUT2D eigenvalue weighted by molar-refractivity contribution is 7.89. The van der Waals surface area contributed by atoms with E-state index in [1.54, 1.807) is 16.4 Å². The van der Waals surface area contributed by atoms with Gasteiger partial charge in [-0.3, -0.25) is 0 Å². The second-order valence-electron chi connectivity index (χ2n) is 5.58. The van der Waals surface area contributed by atoms with E-state index in [0.29, 0.717) is 12.3 Å². The van der Waals surface area contributed by atoms with Gasteiger partial charge in [0.05, 0.1) is 12.8 Å². The van der Waals surface area contributed by atoms with Gasteiger partial charge in [0.2, 0.25) is 10.0 Å². The molecule has 1 saturated heterocycles. The van der Waals surface area contributed by atoms with Gasteiger partial charge in [0.1, 0.15) is 10.6 Å². The molecule has 0 amide bonds. The summed E-state index contributed by atoms with van der Waals surface area (Å²) in [6.45, 7) is 1.27. The lowest BCUT2D eigenvalue weighted by molar-refractivity contribution is 0.291. The molecule has 0 aromatic heterocycles. The van der Waals surface area contributed by atoms with Gasteiger partial charge in [-0.2, -0.15) is 4.31 Å². The van der Waals surface area contributed by atoms with Gasteiger partial charge in [0.15, 0.2) is 0 Å². The van der Waals surface area contributed by atoms with Crippen molar-refractivity contribution >= 4 is 15.7 Å². The number of hydrogen-bond acceptors (Lipinski definition) is 5. The minimum Gasteiger partial charge on any atom is -0.497 e. The molecule has 1 heterocycles. The van der Waals surface area contributed by atoms with Gasteiger partial charge in [0.25, 0.3) is 0 Å². The highest BCUT2D eigenvalue weighted by Gasteiger charge is 2.36. The van der Waals surface area contributed by atoms with E-state index in [0.717, 1.165) is 19.4 Å². The highest BCUT2D eigenvalue weighted by atomic mass is 32.2. The molecule has 1 unspecified atom stereocenters. The Kier molecular flexibility index (Phi) is 4.75. The van der Waals surface area contributed by atoms with E-state index in [9.17, 15) is 8.42 Å². The summed E-state index contributed by atoms with van der Waals surface area (Å²) in [6, 6.07) is 4.70. The molecule has 1 aromatic carbocycles. The molecule has 2 rings (SSSR count). The van der Waals surface area contributed by atoms with Crippen LogP contribution in [0.3, 0.4) is 0 Å². The van der Waals surface area contributed by atoms with Crippen LogP contribution in [0.15, 0.2) is 23.1 Å². The zero-order valence-electron chi connectivity index (χ0n) is 12.7. The predicted molar refractivity (Wildman–Crippen MR) is 82.9 cm³/mol. The molecule has 1 fully saturated rings. The van der Waals surface area contributed by atoms with Crippen molar-refractivity contribution in [3.8, 4) is 5.75 Å². The average Bonchev–Trinajstić information content (AvgIpc) is 2.86. The summed E-state index contributed by atoms with van der Waals surface area (Å²) in [4.78, 5) is 2.17. The minimum absolute atomic E-state index is 0.00602. The number of nitrogen functional groups attached to an aromatic ring is 1. The Bertz CT molecular complexity index is 601. The van der Waals surface area contributed by atoms with Crippen molar-refractivity contribution in [3.05, 3.63) is 18.2 Å². The van der Waals surface area contributed by atoms with Gasteiger partial charge < -0.3 is 15.4 Å². The van der Waals surface area contributed by atoms with Gasteiger partial charge in [-0.15, -0.1) is 0 Å². The van der Waals surface area contributed by atoms with Crippen molar-refractivity contribution in [2.75, 3.05) is 40.0 Å². The van der Waals surface area contributed by atoms with Gasteiger partial charge in [-0.25, -0.2) is 8.42 Å². The Labute approximate surface area is 126 Å². The van der Waals surface area contributed by atoms with E-state index < -0.39 is 10.0 Å². The van der Waals surface area contributed by atoms with Crippen LogP contribution >= 0.6 is 0 Å². The van der Waals surface area contributed by atoms with Gasteiger partial charge in [0, 0.05) is 25.2 Å². The smallest absolute Gasteiger partial charge is 0.245 e. The normalized spacial score (nSPS) is 20.1. The first-order valence-electron chi connectivity index (χ1n) is 6.96. The molecular formula is C14H23N3O3S. The Morgan fingerprint density at radius 3 is 2.71 bits per heavy atom. The third kappa shape index (κ3) is 3.30. The Balaban J connectivity index is 2.33. The van der Waals surface area contributed by atoms with E-state index in [-0.39, 0.29) is 16.6 Å². The first-order chi connectivity index (χ1) is 9.86. The molecule has 21 heavy (non-hydrogen) atoms. The van der Waals surface area contributed by atoms with E-state index in [4.69, 9.17) is 10.5 Å². The third-order valence-electron chi connectivity index (χ3n) is 3.70. The lowest BCUT2D eigenvalue weighted by Gasteiger charge is -2.27. The Hall–Kier alpha value is -1.31. The number of anilines is 1. The number of rotatable bonds is 5. The zero-order valence-corrected chi connectivity index (χ0v) is 13.6. The molecule has 1 aromatic rings. The number of hydrogen-bond donors (Lipinski definition) is 1. The number of benzene rings is 1. The van der Waals surface area contributed by atoms with Crippen molar-refractivity contribution in [2.45, 2.75) is 23.8 Å². The highest BCUT2D eigenvalue weighted by Crippen LogP contribution is 2.31. The number of methoxy groups -OCH3 is 1. The molecule has 0 aliphatic carbocycles. The standard InChI is InChI=1S/C14H23N3O3S/c1-16(2)10-11-5-4-8-17(11)21(18,19)14-7-6-12(20-3)9-13(14)15/h6-7,9,11H,4-5,8,10,15H2,1-3H3. The number of nitrogens with two attached hydrogens (primary N) is 1. The van der Waals surface area contributed by atoms with E-state index in [1.165, 1.54) is 13.2 Å². The second kappa shape index (κ2) is 6.21. The van der Waals surface area contributed by atoms with Gasteiger partial charge in [-0.1, -0.05) is 0 Å². The summed E-state index contributed by atoms with van der Waals surface area (Å²) in [5.41, 5.74) is 6.13. The van der Waals surface area contributed by atoms with E-state index in [2.05, 4.69) is 0 Å². The summed E-state index contributed by atoms with van der Waals surface area (Å²) in [5, 5.41) is 0. The molecule has 2 N–H and O–H groups in total. The largest absolute Gasteiger partial charge is 0.497 e. The first-order valence-corrected chi connectivity index (χ1v) is 8.40. The third-order valence-corrected chi connectivity index (χ3v) is 5.73. The molecule has 118 valence electrons. The van der Waals surface area contributed by atoms with Crippen LogP contribution in [0.2, 0.25) is 0 Å². The van der Waals surface area contributed by atoms with Crippen molar-refractivity contribution in [1.29, 1.82) is 0 Å². The van der Waals surface area contributed by atoms with Crippen LogP contribution in [0.1, 0.15) is 12.8 Å². The number of sulfonamides is 1. The molecule has 1 atom stereocenters. The monoisotopic (exact) mass is 313 g/mol. The maximum Gasteiger partial charge on any atom is 0.245 e. The first kappa shape index (κ1) is 16.1. The fourth-order valence-electron chi connectivity index (χ4n) is 2.74. The van der Waals surface area contributed by atoms with Crippen LogP contribution in [-0.2, 0) is 10.0 Å². The number of nitrogens with zero attached hydrogens (tertiary/aromatic N) is 2. The van der Waals surface area contributed by atoms with Crippen LogP contribution in [0, 0.1) is 0 Å². The van der Waals surface area contributed by atoms with E-state index >= 15 is 0 Å². The molecule has 1 aliphatic rings. The van der Waals surface area contributed by atoms with Crippen molar-refractivity contribution < 1.29 is 13.2 Å². The Morgan fingerprint density at radius 1 is 1.43 bits per heavy atom. The molecular weight excluding hydrogens is 290 g/mol. The van der Waals surface area contributed by atoms with Crippen LogP contribution in [0.4, 0.5) is 5.69 Å². The van der Waals surface area contributed by atoms with Crippen LogP contribution in [-0.4, -0.2) is 58.0 Å². The molecule has 6 nitrogen and oxygen atoms in total. The van der Waals surface area contributed by atoms with Crippen LogP contribution in [0.5, 0.6) is 5.75 Å². The maximum absolute atomic E-state index is 12.8. The van der Waals surface area contributed by atoms with Gasteiger partial charge >= 0.3 is 0 Å². The van der Waals surface area contributed by atoms with Gasteiger partial charge in [-0.05, 0) is 39.1 Å². The molecule has 0 spiro atoms. The van der Waals surface area contributed by atoms with E-state index in [1.807, 2.05) is 19.0 Å². The average molecular weight is 313 g/mol. The summed E-state index contributed by atoms with van der Waals surface area (Å²) in [6.07, 6.45) is 1.77. The van der Waals surface area contributed by atoms with Crippen LogP contribution < -0.4 is 10.5 Å². The topological polar surface area (TPSA) is 75.9 Å². The quantitative estimate of drug-likeness (QED) is 0.821. The second-order valence-corrected chi connectivity index (χ2v) is 7.44. The fraction of sp³-hybridized carbons (Fsp3) is 0.571. The van der Waals surface area contributed by atoms with Crippen molar-refractivity contribution in [2.24, 2.45) is 0 Å². The molecule has 7 heteroatoms. The zero-order chi connectivity index (χ0) is 15.6. The predicted octanol–water partition coefficient (Wildman–Crippen LogP) is 0.992. The number of likely N-dealkylation sites (N-methyl/N-ethyl adjacent to an activating group) is 1. The minimum atomic E-state index is -3.56. The molecule has 1 aliphatic heterocycles. The lowest BCUT2D eigenvalue weighted by atomic mass is 10.2. The Morgan fingerprint density at radius 2 is 2.14 bits per heavy atom. The lowest BCUT2D eigenvalue weighted by Crippen LogP contribution is -2.41. The summed E-state index contributed by atoms with van der Waals surface area (Å²) >= 11 is 0. The van der Waals surface area contributed by atoms with Crippen molar-refractivity contribution in [3.63, 3.8) is 0 Å². The maximum atomic E-state index is 12.8. The molecule has 0 saturated carbocycles. The SMILES string of the molecule is COc1ccc(S(=O)(=O)N2CCCC2CN(C)C)c(N)c1. The molecule has 0 bridgehead atoms. The molecule has 0 radical (unpaired) electrons. The van der Waals surface area contributed by atoms with Crippen LogP contribution in [0.25, 0.3) is 0 Å². The number of ether oxygens (including phenoxy) is 1. The summed E-state index contributed by atoms with van der Waals surface area (Å²) in [7, 11) is 1.86. The summed E-state index contributed by atoms with van der Waals surface area (Å²) in [5.74, 6) is 0.553.